The minimum Gasteiger partial charge on any atom is -0.472 e. The summed E-state index contributed by atoms with van der Waals surface area (Å²) in [7, 11) is 0. The third-order valence-electron chi connectivity index (χ3n) is 4.59. The zero-order valence-corrected chi connectivity index (χ0v) is 13.3. The normalized spacial score (nSPS) is 28.6. The Morgan fingerprint density at radius 2 is 2.05 bits per heavy atom. The second-order valence-electron chi connectivity index (χ2n) is 6.33. The number of amides is 1. The lowest BCUT2D eigenvalue weighted by molar-refractivity contribution is 0.0510. The van der Waals surface area contributed by atoms with Crippen LogP contribution in [-0.2, 0) is 4.74 Å². The van der Waals surface area contributed by atoms with Gasteiger partial charge >= 0.3 is 0 Å². The molecule has 1 aromatic heterocycles. The molecule has 2 aliphatic heterocycles. The molecule has 3 heterocycles. The van der Waals surface area contributed by atoms with Crippen LogP contribution in [0.3, 0.4) is 0 Å². The number of pyridine rings is 1. The number of aromatic nitrogens is 1. The molecule has 0 aliphatic carbocycles. The molecular formula is C17H24N2O3. The fourth-order valence-electron chi connectivity index (χ4n) is 3.32. The highest BCUT2D eigenvalue weighted by atomic mass is 16.5. The fraction of sp³-hybridized carbons (Fsp3) is 0.647. The molecule has 5 nitrogen and oxygen atoms in total. The summed E-state index contributed by atoms with van der Waals surface area (Å²) in [5.41, 5.74) is 0.635. The number of piperidine rings is 1. The van der Waals surface area contributed by atoms with E-state index < -0.39 is 0 Å². The highest BCUT2D eigenvalue weighted by Gasteiger charge is 2.29. The number of likely N-dealkylation sites (tertiary alicyclic amines) is 1. The summed E-state index contributed by atoms with van der Waals surface area (Å²) >= 11 is 0. The Hall–Kier alpha value is -1.62. The van der Waals surface area contributed by atoms with Gasteiger partial charge in [0.15, 0.2) is 0 Å². The van der Waals surface area contributed by atoms with E-state index in [0.717, 1.165) is 25.9 Å². The number of rotatable bonds is 3. The van der Waals surface area contributed by atoms with Crippen molar-refractivity contribution in [3.8, 4) is 5.88 Å². The SMILES string of the molecule is CC1CCCC(C)N1C(=O)c1ccc(OC2CCOC2)nc1. The smallest absolute Gasteiger partial charge is 0.255 e. The molecule has 0 spiro atoms. The maximum absolute atomic E-state index is 12.7. The largest absolute Gasteiger partial charge is 0.472 e. The zero-order chi connectivity index (χ0) is 15.5. The minimum absolute atomic E-state index is 0.0722. The van der Waals surface area contributed by atoms with Crippen molar-refractivity contribution in [2.24, 2.45) is 0 Å². The van der Waals surface area contributed by atoms with Crippen LogP contribution in [0.4, 0.5) is 0 Å². The van der Waals surface area contributed by atoms with Crippen LogP contribution in [0.15, 0.2) is 18.3 Å². The summed E-state index contributed by atoms with van der Waals surface area (Å²) in [5, 5.41) is 0. The Balaban J connectivity index is 1.67. The molecule has 0 radical (unpaired) electrons. The number of carbonyl (C=O) groups is 1. The van der Waals surface area contributed by atoms with Crippen LogP contribution in [0.5, 0.6) is 5.88 Å². The van der Waals surface area contributed by atoms with Gasteiger partial charge in [0.1, 0.15) is 6.10 Å². The molecule has 1 amide bonds. The number of hydrogen-bond acceptors (Lipinski definition) is 4. The van der Waals surface area contributed by atoms with Crippen molar-refractivity contribution in [2.75, 3.05) is 13.2 Å². The van der Waals surface area contributed by atoms with E-state index in [0.29, 0.717) is 30.1 Å². The van der Waals surface area contributed by atoms with Crippen molar-refractivity contribution in [3.05, 3.63) is 23.9 Å². The molecule has 2 aliphatic rings. The molecule has 22 heavy (non-hydrogen) atoms. The van der Waals surface area contributed by atoms with E-state index in [1.54, 1.807) is 12.3 Å². The molecule has 5 heteroatoms. The first-order chi connectivity index (χ1) is 10.6. The van der Waals surface area contributed by atoms with Gasteiger partial charge in [-0.3, -0.25) is 4.79 Å². The van der Waals surface area contributed by atoms with Gasteiger partial charge in [0.25, 0.3) is 5.91 Å². The Kier molecular flexibility index (Phi) is 4.62. The molecular weight excluding hydrogens is 280 g/mol. The monoisotopic (exact) mass is 304 g/mol. The van der Waals surface area contributed by atoms with Gasteiger partial charge in [-0.1, -0.05) is 0 Å². The molecule has 3 atom stereocenters. The first kappa shape index (κ1) is 15.3. The second kappa shape index (κ2) is 6.65. The average Bonchev–Trinajstić information content (AvgIpc) is 3.00. The molecule has 2 saturated heterocycles. The zero-order valence-electron chi connectivity index (χ0n) is 13.3. The van der Waals surface area contributed by atoms with E-state index in [-0.39, 0.29) is 12.0 Å². The molecule has 2 fully saturated rings. The van der Waals surface area contributed by atoms with Crippen molar-refractivity contribution in [2.45, 2.75) is 57.7 Å². The lowest BCUT2D eigenvalue weighted by Crippen LogP contribution is -2.47. The third kappa shape index (κ3) is 3.24. The first-order valence-corrected chi connectivity index (χ1v) is 8.18. The maximum atomic E-state index is 12.7. The summed E-state index contributed by atoms with van der Waals surface area (Å²) in [4.78, 5) is 19.0. The van der Waals surface area contributed by atoms with Crippen LogP contribution in [0, 0.1) is 0 Å². The number of ether oxygens (including phenoxy) is 2. The van der Waals surface area contributed by atoms with Gasteiger partial charge in [-0.05, 0) is 39.2 Å². The fourth-order valence-corrected chi connectivity index (χ4v) is 3.32. The highest BCUT2D eigenvalue weighted by molar-refractivity contribution is 5.94. The van der Waals surface area contributed by atoms with E-state index in [9.17, 15) is 4.79 Å². The van der Waals surface area contributed by atoms with Gasteiger partial charge in [0.05, 0.1) is 18.8 Å². The second-order valence-corrected chi connectivity index (χ2v) is 6.33. The Labute approximate surface area is 131 Å². The molecule has 0 bridgehead atoms. The third-order valence-corrected chi connectivity index (χ3v) is 4.59. The number of nitrogens with zero attached hydrogens (tertiary/aromatic N) is 2. The molecule has 0 N–H and O–H groups in total. The van der Waals surface area contributed by atoms with Gasteiger partial charge in [-0.25, -0.2) is 4.98 Å². The Morgan fingerprint density at radius 3 is 2.64 bits per heavy atom. The number of carbonyl (C=O) groups excluding carboxylic acids is 1. The summed E-state index contributed by atoms with van der Waals surface area (Å²) in [6, 6.07) is 4.19. The first-order valence-electron chi connectivity index (χ1n) is 8.18. The standard InChI is InChI=1S/C17H24N2O3/c1-12-4-3-5-13(2)19(12)17(20)14-6-7-16(18-10-14)22-15-8-9-21-11-15/h6-7,10,12-13,15H,3-5,8-9,11H2,1-2H3. The Morgan fingerprint density at radius 1 is 1.27 bits per heavy atom. The van der Waals surface area contributed by atoms with Crippen molar-refractivity contribution in [1.29, 1.82) is 0 Å². The molecule has 0 aromatic carbocycles. The minimum atomic E-state index is 0.0722. The Bertz CT molecular complexity index is 501. The van der Waals surface area contributed by atoms with E-state index in [1.807, 2.05) is 11.0 Å². The van der Waals surface area contributed by atoms with Gasteiger partial charge in [-0.2, -0.15) is 0 Å². The topological polar surface area (TPSA) is 51.7 Å². The van der Waals surface area contributed by atoms with E-state index in [4.69, 9.17) is 9.47 Å². The van der Waals surface area contributed by atoms with Crippen molar-refractivity contribution >= 4 is 5.91 Å². The molecule has 120 valence electrons. The van der Waals surface area contributed by atoms with Crippen LogP contribution in [0.2, 0.25) is 0 Å². The van der Waals surface area contributed by atoms with Crippen LogP contribution in [-0.4, -0.2) is 47.2 Å². The molecule has 0 saturated carbocycles. The van der Waals surface area contributed by atoms with Gasteiger partial charge in [-0.15, -0.1) is 0 Å². The van der Waals surface area contributed by atoms with Gasteiger partial charge in [0.2, 0.25) is 5.88 Å². The average molecular weight is 304 g/mol. The van der Waals surface area contributed by atoms with E-state index in [2.05, 4.69) is 18.8 Å². The summed E-state index contributed by atoms with van der Waals surface area (Å²) in [6.07, 6.45) is 5.95. The van der Waals surface area contributed by atoms with Gasteiger partial charge in [0, 0.05) is 30.8 Å². The van der Waals surface area contributed by atoms with Crippen LogP contribution >= 0.6 is 0 Å². The predicted molar refractivity (Wildman–Crippen MR) is 83.0 cm³/mol. The van der Waals surface area contributed by atoms with Crippen LogP contribution < -0.4 is 4.74 Å². The van der Waals surface area contributed by atoms with Crippen LogP contribution in [0.25, 0.3) is 0 Å². The lowest BCUT2D eigenvalue weighted by Gasteiger charge is -2.39. The van der Waals surface area contributed by atoms with Crippen molar-refractivity contribution in [3.63, 3.8) is 0 Å². The van der Waals surface area contributed by atoms with Crippen molar-refractivity contribution in [1.82, 2.24) is 9.88 Å². The molecule has 1 aromatic rings. The van der Waals surface area contributed by atoms with E-state index >= 15 is 0 Å². The predicted octanol–water partition coefficient (Wildman–Crippen LogP) is 2.65. The summed E-state index contributed by atoms with van der Waals surface area (Å²) in [5.74, 6) is 0.634. The maximum Gasteiger partial charge on any atom is 0.255 e. The number of hydrogen-bond donors (Lipinski definition) is 0. The summed E-state index contributed by atoms with van der Waals surface area (Å²) < 4.78 is 11.0. The quantitative estimate of drug-likeness (QED) is 0.861. The lowest BCUT2D eigenvalue weighted by atomic mass is 9.96. The van der Waals surface area contributed by atoms with Crippen molar-refractivity contribution < 1.29 is 14.3 Å². The summed E-state index contributed by atoms with van der Waals surface area (Å²) in [6.45, 7) is 5.61. The van der Waals surface area contributed by atoms with E-state index in [1.165, 1.54) is 6.42 Å². The van der Waals surface area contributed by atoms with Gasteiger partial charge < -0.3 is 14.4 Å². The highest BCUT2D eigenvalue weighted by Crippen LogP contribution is 2.25. The molecule has 3 rings (SSSR count). The molecule has 3 unspecified atom stereocenters. The van der Waals surface area contributed by atoms with Crippen LogP contribution in [0.1, 0.15) is 49.9 Å².